The molecular weight excluding hydrogens is 448 g/mol. The van der Waals surface area contributed by atoms with Gasteiger partial charge in [-0.25, -0.2) is 0 Å². The van der Waals surface area contributed by atoms with Crippen molar-refractivity contribution in [3.63, 3.8) is 0 Å². The smallest absolute Gasteiger partial charge is 0.264 e. The lowest BCUT2D eigenvalue weighted by atomic mass is 10.2. The van der Waals surface area contributed by atoms with Gasteiger partial charge in [-0.15, -0.1) is 11.3 Å². The molecule has 4 rings (SSSR count). The molecule has 29 heavy (non-hydrogen) atoms. The van der Waals surface area contributed by atoms with Crippen LogP contribution >= 0.6 is 27.3 Å². The van der Waals surface area contributed by atoms with Crippen molar-refractivity contribution in [1.29, 1.82) is 0 Å². The monoisotopic (exact) mass is 470 g/mol. The average molecular weight is 471 g/mol. The molecule has 0 spiro atoms. The molecule has 1 saturated heterocycles. The molecule has 4 nitrogen and oxygen atoms in total. The predicted molar refractivity (Wildman–Crippen MR) is 120 cm³/mol. The van der Waals surface area contributed by atoms with Crippen LogP contribution in [0.25, 0.3) is 0 Å². The molecule has 150 valence electrons. The van der Waals surface area contributed by atoms with Crippen LogP contribution in [-0.4, -0.2) is 41.9 Å². The Labute approximate surface area is 183 Å². The molecule has 3 aromatic rings. The maximum Gasteiger partial charge on any atom is 0.264 e. The van der Waals surface area contributed by atoms with E-state index in [9.17, 15) is 4.79 Å². The Morgan fingerprint density at radius 1 is 0.966 bits per heavy atom. The van der Waals surface area contributed by atoms with Gasteiger partial charge < -0.3 is 9.64 Å². The molecule has 0 unspecified atom stereocenters. The number of piperazine rings is 1. The second-order valence-electron chi connectivity index (χ2n) is 7.12. The largest absolute Gasteiger partial charge is 0.489 e. The summed E-state index contributed by atoms with van der Waals surface area (Å²) in [5, 5.41) is 2.01. The van der Waals surface area contributed by atoms with E-state index in [0.29, 0.717) is 6.61 Å². The summed E-state index contributed by atoms with van der Waals surface area (Å²) in [6.07, 6.45) is 0. The lowest BCUT2D eigenvalue weighted by molar-refractivity contribution is 0.0633. The van der Waals surface area contributed by atoms with Crippen molar-refractivity contribution in [2.75, 3.05) is 26.2 Å². The molecule has 0 aliphatic carbocycles. The van der Waals surface area contributed by atoms with Gasteiger partial charge in [0.15, 0.2) is 0 Å². The van der Waals surface area contributed by atoms with Crippen molar-refractivity contribution in [2.24, 2.45) is 0 Å². The summed E-state index contributed by atoms with van der Waals surface area (Å²) in [6, 6.07) is 20.1. The zero-order chi connectivity index (χ0) is 20.1. The lowest BCUT2D eigenvalue weighted by Gasteiger charge is -2.34. The van der Waals surface area contributed by atoms with Gasteiger partial charge in [0.25, 0.3) is 5.91 Å². The maximum atomic E-state index is 12.9. The standard InChI is InChI=1S/C23H23BrN2O2S/c24-20-6-4-5-18(13-20)15-25-9-11-26(12-10-25)23(27)22-14-19(17-29-22)16-28-21-7-2-1-3-8-21/h1-8,13-14,17H,9-12,15-16H2. The Hall–Kier alpha value is -2.15. The number of amides is 1. The molecule has 0 atom stereocenters. The normalized spacial score (nSPS) is 14.7. The predicted octanol–water partition coefficient (Wildman–Crippen LogP) is 5.05. The Morgan fingerprint density at radius 3 is 2.52 bits per heavy atom. The highest BCUT2D eigenvalue weighted by Crippen LogP contribution is 2.21. The van der Waals surface area contributed by atoms with E-state index < -0.39 is 0 Å². The zero-order valence-electron chi connectivity index (χ0n) is 16.1. The maximum absolute atomic E-state index is 12.9. The molecule has 0 N–H and O–H groups in total. The number of carbonyl (C=O) groups is 1. The van der Waals surface area contributed by atoms with Crippen LogP contribution in [0.2, 0.25) is 0 Å². The first kappa shape index (κ1) is 20.1. The van der Waals surface area contributed by atoms with Crippen LogP contribution in [0.15, 0.2) is 70.5 Å². The summed E-state index contributed by atoms with van der Waals surface area (Å²) >= 11 is 5.03. The van der Waals surface area contributed by atoms with Crippen molar-refractivity contribution in [3.05, 3.63) is 86.5 Å². The number of ether oxygens (including phenoxy) is 1. The van der Waals surface area contributed by atoms with Gasteiger partial charge in [0.2, 0.25) is 0 Å². The molecule has 1 fully saturated rings. The van der Waals surface area contributed by atoms with E-state index in [0.717, 1.165) is 53.4 Å². The molecule has 6 heteroatoms. The molecular formula is C23H23BrN2O2S. The van der Waals surface area contributed by atoms with Crippen LogP contribution in [-0.2, 0) is 13.2 Å². The highest BCUT2D eigenvalue weighted by Gasteiger charge is 2.23. The van der Waals surface area contributed by atoms with Crippen molar-refractivity contribution in [1.82, 2.24) is 9.80 Å². The number of hydrogen-bond donors (Lipinski definition) is 0. The van der Waals surface area contributed by atoms with Gasteiger partial charge in [-0.1, -0.05) is 46.3 Å². The highest BCUT2D eigenvalue weighted by atomic mass is 79.9. The fourth-order valence-electron chi connectivity index (χ4n) is 3.41. The minimum Gasteiger partial charge on any atom is -0.489 e. The molecule has 0 radical (unpaired) electrons. The summed E-state index contributed by atoms with van der Waals surface area (Å²) in [7, 11) is 0. The molecule has 1 aromatic heterocycles. The Balaban J connectivity index is 1.28. The minimum atomic E-state index is 0.128. The molecule has 1 aliphatic heterocycles. The quantitative estimate of drug-likeness (QED) is 0.505. The first-order valence-corrected chi connectivity index (χ1v) is 11.4. The first-order chi connectivity index (χ1) is 14.2. The number of halogens is 1. The molecule has 0 bridgehead atoms. The van der Waals surface area contributed by atoms with Gasteiger partial charge in [0.1, 0.15) is 12.4 Å². The summed E-state index contributed by atoms with van der Waals surface area (Å²) < 4.78 is 6.89. The fourth-order valence-corrected chi connectivity index (χ4v) is 4.72. The number of carbonyl (C=O) groups excluding carboxylic acids is 1. The minimum absolute atomic E-state index is 0.128. The van der Waals surface area contributed by atoms with Gasteiger partial charge in [0.05, 0.1) is 4.88 Å². The van der Waals surface area contributed by atoms with Crippen molar-refractivity contribution in [3.8, 4) is 5.75 Å². The van der Waals surface area contributed by atoms with Gasteiger partial charge in [-0.05, 0) is 41.3 Å². The SMILES string of the molecule is O=C(c1cc(COc2ccccc2)cs1)N1CCN(Cc2cccc(Br)c2)CC1. The van der Waals surface area contributed by atoms with E-state index in [1.165, 1.54) is 16.9 Å². The summed E-state index contributed by atoms with van der Waals surface area (Å²) in [5.74, 6) is 0.969. The Morgan fingerprint density at radius 2 is 1.76 bits per heavy atom. The lowest BCUT2D eigenvalue weighted by Crippen LogP contribution is -2.48. The molecule has 2 heterocycles. The van der Waals surface area contributed by atoms with Crippen LogP contribution in [0.5, 0.6) is 5.75 Å². The number of rotatable bonds is 6. The summed E-state index contributed by atoms with van der Waals surface area (Å²) in [4.78, 5) is 18.0. The molecule has 1 amide bonds. The van der Waals surface area contributed by atoms with Crippen molar-refractivity contribution < 1.29 is 9.53 Å². The van der Waals surface area contributed by atoms with Crippen LogP contribution in [0.3, 0.4) is 0 Å². The molecule has 1 aliphatic rings. The first-order valence-electron chi connectivity index (χ1n) is 9.69. The molecule has 0 saturated carbocycles. The van der Waals surface area contributed by atoms with Gasteiger partial charge in [-0.3, -0.25) is 9.69 Å². The fraction of sp³-hybridized carbons (Fsp3) is 0.261. The average Bonchev–Trinajstić information content (AvgIpc) is 3.22. The van der Waals surface area contributed by atoms with Crippen molar-refractivity contribution in [2.45, 2.75) is 13.2 Å². The van der Waals surface area contributed by atoms with Crippen LogP contribution in [0.4, 0.5) is 0 Å². The van der Waals surface area contributed by atoms with Crippen LogP contribution in [0, 0.1) is 0 Å². The summed E-state index contributed by atoms with van der Waals surface area (Å²) in [5.41, 5.74) is 2.33. The molecule has 2 aromatic carbocycles. The van der Waals surface area contributed by atoms with Gasteiger partial charge in [-0.2, -0.15) is 0 Å². The van der Waals surface area contributed by atoms with E-state index in [4.69, 9.17) is 4.74 Å². The van der Waals surface area contributed by atoms with E-state index >= 15 is 0 Å². The van der Waals surface area contributed by atoms with Crippen LogP contribution in [0.1, 0.15) is 20.8 Å². The number of para-hydroxylation sites is 1. The van der Waals surface area contributed by atoms with Crippen molar-refractivity contribution >= 4 is 33.2 Å². The topological polar surface area (TPSA) is 32.8 Å². The highest BCUT2D eigenvalue weighted by molar-refractivity contribution is 9.10. The van der Waals surface area contributed by atoms with E-state index in [1.54, 1.807) is 0 Å². The summed E-state index contributed by atoms with van der Waals surface area (Å²) in [6.45, 7) is 4.72. The number of thiophene rings is 1. The van der Waals surface area contributed by atoms with Gasteiger partial charge >= 0.3 is 0 Å². The second-order valence-corrected chi connectivity index (χ2v) is 8.95. The number of benzene rings is 2. The number of nitrogens with zero attached hydrogens (tertiary/aromatic N) is 2. The Kier molecular flexibility index (Phi) is 6.64. The van der Waals surface area contributed by atoms with Crippen LogP contribution < -0.4 is 4.74 Å². The van der Waals surface area contributed by atoms with E-state index in [2.05, 4.69) is 39.0 Å². The van der Waals surface area contributed by atoms with E-state index in [1.807, 2.05) is 52.7 Å². The third-order valence-corrected chi connectivity index (χ3v) is 6.43. The third-order valence-electron chi connectivity index (χ3n) is 4.97. The number of hydrogen-bond acceptors (Lipinski definition) is 4. The van der Waals surface area contributed by atoms with E-state index in [-0.39, 0.29) is 5.91 Å². The third kappa shape index (κ3) is 5.47. The Bertz CT molecular complexity index is 952. The second kappa shape index (κ2) is 9.57. The van der Waals surface area contributed by atoms with Gasteiger partial charge in [0, 0.05) is 42.8 Å². The zero-order valence-corrected chi connectivity index (χ0v) is 18.5.